The minimum absolute atomic E-state index is 0.0160. The Balaban J connectivity index is 3.12. The van der Waals surface area contributed by atoms with Gasteiger partial charge in [0.25, 0.3) is 0 Å². The molecular weight excluding hydrogens is 429 g/mol. The molecule has 0 saturated carbocycles. The lowest BCUT2D eigenvalue weighted by molar-refractivity contribution is -0.118. The first-order valence-electron chi connectivity index (χ1n) is 7.96. The molecule has 0 fully saturated rings. The molecule has 0 atom stereocenters. The van der Waals surface area contributed by atoms with Gasteiger partial charge in [0.1, 0.15) is 16.5 Å². The number of esters is 1. The van der Waals surface area contributed by atoms with E-state index in [2.05, 4.69) is 4.72 Å². The number of ether oxygens (including phenoxy) is 1. The zero-order chi connectivity index (χ0) is 21.6. The quantitative estimate of drug-likeness (QED) is 0.354. The summed E-state index contributed by atoms with van der Waals surface area (Å²) in [6, 6.07) is 3.68. The van der Waals surface area contributed by atoms with Crippen LogP contribution < -0.4 is 10.5 Å². The summed E-state index contributed by atoms with van der Waals surface area (Å²) < 4.78 is 32.0. The summed E-state index contributed by atoms with van der Waals surface area (Å²) in [6.45, 7) is 4.40. The Morgan fingerprint density at radius 3 is 2.39 bits per heavy atom. The summed E-state index contributed by atoms with van der Waals surface area (Å²) in [5, 5.41) is 8.55. The number of nitriles is 1. The van der Waals surface area contributed by atoms with Crippen molar-refractivity contribution in [3.05, 3.63) is 39.0 Å². The largest absolute Gasteiger partial charge is 0.454 e. The smallest absolute Gasteiger partial charge is 0.340 e. The Morgan fingerprint density at radius 1 is 1.29 bits per heavy atom. The number of carbonyl (C=O) groups is 2. The van der Waals surface area contributed by atoms with Crippen LogP contribution >= 0.6 is 23.2 Å². The van der Waals surface area contributed by atoms with Gasteiger partial charge in [-0.15, -0.1) is 0 Å². The molecule has 0 bridgehead atoms. The van der Waals surface area contributed by atoms with E-state index in [0.717, 1.165) is 12.1 Å². The van der Waals surface area contributed by atoms with Crippen molar-refractivity contribution in [3.63, 3.8) is 0 Å². The van der Waals surface area contributed by atoms with Crippen LogP contribution in [0.1, 0.15) is 31.1 Å². The molecule has 28 heavy (non-hydrogen) atoms. The van der Waals surface area contributed by atoms with Gasteiger partial charge >= 0.3 is 5.97 Å². The maximum atomic E-state index is 12.4. The minimum atomic E-state index is -4.00. The first-order chi connectivity index (χ1) is 12.9. The Kier molecular flexibility index (Phi) is 8.45. The lowest BCUT2D eigenvalue weighted by Crippen LogP contribution is -2.28. The van der Waals surface area contributed by atoms with Crippen molar-refractivity contribution >= 4 is 45.0 Å². The number of ketones is 1. The summed E-state index contributed by atoms with van der Waals surface area (Å²) in [5.41, 5.74) is 4.76. The third-order valence-corrected chi connectivity index (χ3v) is 5.53. The van der Waals surface area contributed by atoms with Crippen LogP contribution in [0.25, 0.3) is 0 Å². The second-order valence-corrected chi connectivity index (χ2v) is 8.73. The zero-order valence-corrected chi connectivity index (χ0v) is 17.7. The maximum Gasteiger partial charge on any atom is 0.340 e. The number of nitrogens with one attached hydrogen (secondary N) is 1. The van der Waals surface area contributed by atoms with Gasteiger partial charge in [0.05, 0.1) is 15.6 Å². The monoisotopic (exact) mass is 447 g/mol. The topological polar surface area (TPSA) is 139 Å². The Bertz CT molecular complexity index is 962. The molecule has 8 nitrogen and oxygen atoms in total. The number of benzene rings is 1. The summed E-state index contributed by atoms with van der Waals surface area (Å²) in [4.78, 5) is 23.8. The molecule has 1 rings (SSSR count). The molecular formula is C17H19Cl2N3O5S. The van der Waals surface area contributed by atoms with Gasteiger partial charge in [-0.05, 0) is 25.0 Å². The lowest BCUT2D eigenvalue weighted by Gasteiger charge is -2.12. The standard InChI is InChI=1S/C17H19Cl2N3O5S/c1-9(2)7-22-28(25,26)16-4-11(13(18)5-14(16)19)17(24)27-8-15(23)12(6-20)10(3)21/h4-5,9,22H,7-8,21H2,1-3H3/b12-10+. The third kappa shape index (κ3) is 6.21. The van der Waals surface area contributed by atoms with Crippen molar-refractivity contribution in [2.45, 2.75) is 25.7 Å². The van der Waals surface area contributed by atoms with Gasteiger partial charge in [-0.25, -0.2) is 17.9 Å². The van der Waals surface area contributed by atoms with Crippen LogP contribution in [0.15, 0.2) is 28.3 Å². The predicted octanol–water partition coefficient (Wildman–Crippen LogP) is 2.41. The molecule has 0 aliphatic heterocycles. The molecule has 0 spiro atoms. The zero-order valence-electron chi connectivity index (χ0n) is 15.4. The number of sulfonamides is 1. The molecule has 1 aromatic rings. The fraction of sp³-hybridized carbons (Fsp3) is 0.353. The molecule has 3 N–H and O–H groups in total. The number of rotatable bonds is 8. The number of carbonyl (C=O) groups excluding carboxylic acids is 2. The van der Waals surface area contributed by atoms with E-state index in [1.807, 2.05) is 13.8 Å². The molecule has 1 aromatic carbocycles. The van der Waals surface area contributed by atoms with Gasteiger partial charge in [-0.3, -0.25) is 4.79 Å². The highest BCUT2D eigenvalue weighted by Crippen LogP contribution is 2.29. The first kappa shape index (κ1) is 23.9. The molecule has 0 aliphatic carbocycles. The average molecular weight is 448 g/mol. The van der Waals surface area contributed by atoms with Crippen molar-refractivity contribution < 1.29 is 22.7 Å². The van der Waals surface area contributed by atoms with Crippen LogP contribution in [0, 0.1) is 17.2 Å². The number of hydrogen-bond donors (Lipinski definition) is 2. The summed E-state index contributed by atoms with van der Waals surface area (Å²) in [6.07, 6.45) is 0. The number of hydrogen-bond acceptors (Lipinski definition) is 7. The minimum Gasteiger partial charge on any atom is -0.454 e. The second kappa shape index (κ2) is 9.89. The van der Waals surface area contributed by atoms with Crippen molar-refractivity contribution in [1.82, 2.24) is 4.72 Å². The summed E-state index contributed by atoms with van der Waals surface area (Å²) in [5.74, 6) is -1.81. The Hall–Kier alpha value is -2.12. The molecule has 152 valence electrons. The molecule has 0 saturated heterocycles. The highest BCUT2D eigenvalue weighted by Gasteiger charge is 2.24. The van der Waals surface area contributed by atoms with E-state index in [1.54, 1.807) is 6.07 Å². The average Bonchev–Trinajstić information content (AvgIpc) is 2.58. The normalized spacial score (nSPS) is 12.3. The maximum absolute atomic E-state index is 12.4. The third-order valence-electron chi connectivity index (χ3n) is 3.33. The van der Waals surface area contributed by atoms with Crippen molar-refractivity contribution in [2.75, 3.05) is 13.2 Å². The Labute approximate surface area is 173 Å². The van der Waals surface area contributed by atoms with Gasteiger partial charge in [0.2, 0.25) is 15.8 Å². The molecule has 0 amide bonds. The lowest BCUT2D eigenvalue weighted by atomic mass is 10.1. The molecule has 0 heterocycles. The summed E-state index contributed by atoms with van der Waals surface area (Å²) >= 11 is 11.9. The van der Waals surface area contributed by atoms with Crippen molar-refractivity contribution in [1.29, 1.82) is 5.26 Å². The van der Waals surface area contributed by atoms with Gasteiger partial charge in [-0.1, -0.05) is 37.0 Å². The molecule has 0 aliphatic rings. The van der Waals surface area contributed by atoms with Crippen LogP contribution in [0.3, 0.4) is 0 Å². The number of nitrogens with zero attached hydrogens (tertiary/aromatic N) is 1. The fourth-order valence-electron chi connectivity index (χ4n) is 1.90. The number of nitrogens with two attached hydrogens (primary N) is 1. The van der Waals surface area contributed by atoms with Gasteiger partial charge < -0.3 is 10.5 Å². The van der Waals surface area contributed by atoms with Gasteiger partial charge in [0.15, 0.2) is 6.61 Å². The molecule has 0 unspecified atom stereocenters. The fourth-order valence-corrected chi connectivity index (χ4v) is 3.96. The molecule has 0 aromatic heterocycles. The highest BCUT2D eigenvalue weighted by atomic mass is 35.5. The van der Waals surface area contributed by atoms with Crippen molar-refractivity contribution in [3.8, 4) is 6.07 Å². The van der Waals surface area contributed by atoms with E-state index < -0.39 is 28.4 Å². The molecule has 0 radical (unpaired) electrons. The van der Waals surface area contributed by atoms with Gasteiger partial charge in [0, 0.05) is 12.2 Å². The van der Waals surface area contributed by atoms with E-state index in [-0.39, 0.29) is 44.2 Å². The first-order valence-corrected chi connectivity index (χ1v) is 10.2. The van der Waals surface area contributed by atoms with Crippen molar-refractivity contribution in [2.24, 2.45) is 11.7 Å². The van der Waals surface area contributed by atoms with Crippen LogP contribution in [0.5, 0.6) is 0 Å². The Morgan fingerprint density at radius 2 is 1.89 bits per heavy atom. The van der Waals surface area contributed by atoms with Gasteiger partial charge in [-0.2, -0.15) is 5.26 Å². The van der Waals surface area contributed by atoms with Crippen LogP contribution in [0.4, 0.5) is 0 Å². The van der Waals surface area contributed by atoms with Crippen LogP contribution in [-0.4, -0.2) is 33.3 Å². The van der Waals surface area contributed by atoms with E-state index >= 15 is 0 Å². The summed E-state index contributed by atoms with van der Waals surface area (Å²) in [7, 11) is -4.00. The van der Waals surface area contributed by atoms with E-state index in [1.165, 1.54) is 6.92 Å². The highest BCUT2D eigenvalue weighted by molar-refractivity contribution is 7.89. The number of halogens is 2. The SMILES string of the molecule is C/C(N)=C(/C#N)C(=O)COC(=O)c1cc(S(=O)(=O)NCC(C)C)c(Cl)cc1Cl. The van der Waals surface area contributed by atoms with E-state index in [4.69, 9.17) is 38.9 Å². The number of allylic oxidation sites excluding steroid dienone is 1. The van der Waals surface area contributed by atoms with Crippen LogP contribution in [0.2, 0.25) is 10.0 Å². The van der Waals surface area contributed by atoms with Crippen LogP contribution in [-0.2, 0) is 19.6 Å². The second-order valence-electron chi connectivity index (χ2n) is 6.18. The number of Topliss-reactive ketones (excluding diaryl/α,β-unsaturated/α-hetero) is 1. The van der Waals surface area contributed by atoms with E-state index in [0.29, 0.717) is 0 Å². The molecule has 11 heteroatoms. The van der Waals surface area contributed by atoms with E-state index in [9.17, 15) is 18.0 Å². The predicted molar refractivity (Wildman–Crippen MR) is 104 cm³/mol.